The highest BCUT2D eigenvalue weighted by molar-refractivity contribution is 5.18. The highest BCUT2D eigenvalue weighted by Gasteiger charge is 2.53. The van der Waals surface area contributed by atoms with E-state index in [1.54, 1.807) is 0 Å². The number of hydrogen-bond donors (Lipinski definition) is 1. The van der Waals surface area contributed by atoms with Gasteiger partial charge in [0.05, 0.1) is 52.4 Å². The average Bonchev–Trinajstić information content (AvgIpc) is 3.34. The minimum Gasteiger partial charge on any atom is -0.374 e. The Kier molecular flexibility index (Phi) is 16.9. The summed E-state index contributed by atoms with van der Waals surface area (Å²) in [4.78, 5) is 0. The van der Waals surface area contributed by atoms with Gasteiger partial charge in [0.1, 0.15) is 42.7 Å². The Balaban J connectivity index is 1.14. The van der Waals surface area contributed by atoms with Crippen molar-refractivity contribution >= 4 is 0 Å². The summed E-state index contributed by atoms with van der Waals surface area (Å²) in [7, 11) is 0. The lowest BCUT2D eigenvalue weighted by Gasteiger charge is -2.49. The van der Waals surface area contributed by atoms with Crippen LogP contribution in [0.2, 0.25) is 0 Å². The van der Waals surface area contributed by atoms with Crippen LogP contribution < -0.4 is 0 Å². The molecule has 2 fully saturated rings. The molecule has 6 aromatic rings. The van der Waals surface area contributed by atoms with E-state index in [-0.39, 0.29) is 26.4 Å². The number of aliphatic hydroxyl groups is 1. The van der Waals surface area contributed by atoms with E-state index < -0.39 is 61.4 Å². The maximum atomic E-state index is 11.8. The second kappa shape index (κ2) is 23.7. The predicted molar refractivity (Wildman–Crippen MR) is 241 cm³/mol. The molecule has 1 N–H and O–H groups in total. The summed E-state index contributed by atoms with van der Waals surface area (Å²) in [6.07, 6.45) is -8.44. The van der Waals surface area contributed by atoms with Crippen molar-refractivity contribution in [2.24, 2.45) is 0 Å². The number of rotatable bonds is 21. The highest BCUT2D eigenvalue weighted by Crippen LogP contribution is 2.36. The van der Waals surface area contributed by atoms with Gasteiger partial charge < -0.3 is 47.7 Å². The molecule has 10 atom stereocenters. The zero-order chi connectivity index (χ0) is 43.8. The lowest BCUT2D eigenvalue weighted by Crippen LogP contribution is -2.65. The summed E-state index contributed by atoms with van der Waals surface area (Å²) in [5.41, 5.74) is 5.87. The predicted octanol–water partition coefficient (Wildman–Crippen LogP) is 8.98. The molecule has 0 amide bonds. The van der Waals surface area contributed by atoms with E-state index in [1.807, 2.05) is 189 Å². The van der Waals surface area contributed by atoms with Crippen molar-refractivity contribution < 1.29 is 47.7 Å². The van der Waals surface area contributed by atoms with Crippen LogP contribution in [0.3, 0.4) is 0 Å². The fourth-order valence-corrected chi connectivity index (χ4v) is 8.09. The van der Waals surface area contributed by atoms with Crippen molar-refractivity contribution in [3.8, 4) is 0 Å². The first-order valence-electron chi connectivity index (χ1n) is 22.1. The molecule has 0 bridgehead atoms. The Morgan fingerprint density at radius 2 is 0.703 bits per heavy atom. The summed E-state index contributed by atoms with van der Waals surface area (Å²) < 4.78 is 60.8. The van der Waals surface area contributed by atoms with Gasteiger partial charge in [-0.1, -0.05) is 182 Å². The summed E-state index contributed by atoms with van der Waals surface area (Å²) in [5.74, 6) is 0. The summed E-state index contributed by atoms with van der Waals surface area (Å²) in [5, 5.41) is 11.8. The van der Waals surface area contributed by atoms with Crippen molar-refractivity contribution in [2.75, 3.05) is 6.61 Å². The molecule has 334 valence electrons. The maximum Gasteiger partial charge on any atom is 0.187 e. The molecule has 8 rings (SSSR count). The molecule has 2 aliphatic rings. The van der Waals surface area contributed by atoms with Crippen molar-refractivity contribution in [3.63, 3.8) is 0 Å². The third-order valence-corrected chi connectivity index (χ3v) is 11.4. The standard InChI is InChI=1S/C54H58O10/c1-39-47(57-33-41-22-10-3-11-23-41)49(58-34-42-24-12-4-13-25-42)52(61-37-45-30-18-7-19-31-45)54(62-39)64-48-46(38-56-32-40-20-8-2-9-21-40)63-53(55)51(60-36-44-28-16-6-17-29-44)50(48)59-35-43-26-14-5-15-27-43/h2-31,39,46-55H,32-38H2,1H3/t39-,46-,47-,48-,49+,50+,51-,52-,53+,54-/m1/s1. The van der Waals surface area contributed by atoms with Gasteiger partial charge in [0.25, 0.3) is 0 Å². The van der Waals surface area contributed by atoms with Gasteiger partial charge in [0.2, 0.25) is 0 Å². The second-order valence-electron chi connectivity index (χ2n) is 16.2. The van der Waals surface area contributed by atoms with E-state index in [2.05, 4.69) is 0 Å². The van der Waals surface area contributed by atoms with Gasteiger partial charge in [-0.3, -0.25) is 0 Å². The molecule has 10 nitrogen and oxygen atoms in total. The Hall–Kier alpha value is -5.08. The van der Waals surface area contributed by atoms with Crippen LogP contribution in [-0.2, 0) is 82.3 Å². The second-order valence-corrected chi connectivity index (χ2v) is 16.2. The molecule has 0 unspecified atom stereocenters. The van der Waals surface area contributed by atoms with E-state index in [0.717, 1.165) is 33.4 Å². The SMILES string of the molecule is C[C@H]1O[C@H](O[C@H]2[C@H](OCc3ccccc3)[C@@H](OCc3ccccc3)[C@@H](O)O[C@@H]2COCc2ccccc2)[C@H](OCc2ccccc2)[C@@H](OCc2ccccc2)[C@@H]1OCc1ccccc1. The van der Waals surface area contributed by atoms with Crippen LogP contribution in [0.15, 0.2) is 182 Å². The zero-order valence-corrected chi connectivity index (χ0v) is 36.2. The molecule has 0 radical (unpaired) electrons. The van der Waals surface area contributed by atoms with Gasteiger partial charge in [0.15, 0.2) is 12.6 Å². The van der Waals surface area contributed by atoms with Crippen LogP contribution >= 0.6 is 0 Å². The molecule has 0 aromatic heterocycles. The lowest BCUT2D eigenvalue weighted by atomic mass is 9.96. The van der Waals surface area contributed by atoms with E-state index in [9.17, 15) is 5.11 Å². The number of benzene rings is 6. The van der Waals surface area contributed by atoms with Crippen LogP contribution in [-0.4, -0.2) is 73.1 Å². The normalized spacial score (nSPS) is 25.8. The van der Waals surface area contributed by atoms with E-state index in [1.165, 1.54) is 0 Å². The molecule has 10 heteroatoms. The fraction of sp³-hybridized carbons (Fsp3) is 0.333. The molecule has 2 aliphatic heterocycles. The first-order valence-corrected chi connectivity index (χ1v) is 22.1. The van der Waals surface area contributed by atoms with Crippen molar-refractivity contribution in [1.29, 1.82) is 0 Å². The molecule has 6 aromatic carbocycles. The Morgan fingerprint density at radius 3 is 1.11 bits per heavy atom. The van der Waals surface area contributed by atoms with Crippen LogP contribution in [0.4, 0.5) is 0 Å². The summed E-state index contributed by atoms with van der Waals surface area (Å²) in [6.45, 7) is 3.67. The number of ether oxygens (including phenoxy) is 9. The van der Waals surface area contributed by atoms with Crippen molar-refractivity contribution in [3.05, 3.63) is 215 Å². The first-order chi connectivity index (χ1) is 31.6. The number of hydrogen-bond acceptors (Lipinski definition) is 10. The van der Waals surface area contributed by atoms with Gasteiger partial charge in [-0.2, -0.15) is 0 Å². The first kappa shape index (κ1) is 45.5. The van der Waals surface area contributed by atoms with E-state index in [4.69, 9.17) is 42.6 Å². The molecular formula is C54H58O10. The van der Waals surface area contributed by atoms with Crippen LogP contribution in [0.5, 0.6) is 0 Å². The van der Waals surface area contributed by atoms with Gasteiger partial charge in [-0.25, -0.2) is 0 Å². The molecule has 0 spiro atoms. The number of aliphatic hydroxyl groups excluding tert-OH is 1. The topological polar surface area (TPSA) is 103 Å². The molecular weight excluding hydrogens is 809 g/mol. The third-order valence-electron chi connectivity index (χ3n) is 11.4. The summed E-state index contributed by atoms with van der Waals surface area (Å²) >= 11 is 0. The minimum absolute atomic E-state index is 0.0712. The van der Waals surface area contributed by atoms with Crippen molar-refractivity contribution in [2.45, 2.75) is 108 Å². The Bertz CT molecular complexity index is 2190. The Morgan fingerprint density at radius 1 is 0.375 bits per heavy atom. The van der Waals surface area contributed by atoms with Crippen LogP contribution in [0.1, 0.15) is 40.3 Å². The summed E-state index contributed by atoms with van der Waals surface area (Å²) in [6, 6.07) is 59.7. The molecule has 2 saturated heterocycles. The minimum atomic E-state index is -1.37. The zero-order valence-electron chi connectivity index (χ0n) is 36.2. The molecule has 0 saturated carbocycles. The van der Waals surface area contributed by atoms with Crippen LogP contribution in [0.25, 0.3) is 0 Å². The largest absolute Gasteiger partial charge is 0.374 e. The van der Waals surface area contributed by atoms with Crippen molar-refractivity contribution in [1.82, 2.24) is 0 Å². The van der Waals surface area contributed by atoms with Gasteiger partial charge in [-0.05, 0) is 40.3 Å². The third kappa shape index (κ3) is 12.8. The monoisotopic (exact) mass is 866 g/mol. The van der Waals surface area contributed by atoms with Crippen LogP contribution in [0, 0.1) is 0 Å². The Labute approximate surface area is 376 Å². The maximum absolute atomic E-state index is 11.8. The van der Waals surface area contributed by atoms with Gasteiger partial charge in [-0.15, -0.1) is 0 Å². The molecule has 2 heterocycles. The quantitative estimate of drug-likeness (QED) is 0.0755. The van der Waals surface area contributed by atoms with E-state index >= 15 is 0 Å². The van der Waals surface area contributed by atoms with Gasteiger partial charge in [0, 0.05) is 0 Å². The smallest absolute Gasteiger partial charge is 0.187 e. The molecule has 64 heavy (non-hydrogen) atoms. The lowest BCUT2D eigenvalue weighted by molar-refractivity contribution is -0.370. The van der Waals surface area contributed by atoms with E-state index in [0.29, 0.717) is 19.8 Å². The van der Waals surface area contributed by atoms with Gasteiger partial charge >= 0.3 is 0 Å². The molecule has 0 aliphatic carbocycles. The highest BCUT2D eigenvalue weighted by atomic mass is 16.7. The fourth-order valence-electron chi connectivity index (χ4n) is 8.09. The average molecular weight is 867 g/mol.